The highest BCUT2D eigenvalue weighted by molar-refractivity contribution is 5.88. The zero-order chi connectivity index (χ0) is 27.8. The van der Waals surface area contributed by atoms with Crippen molar-refractivity contribution < 1.29 is 18.7 Å². The molecular weight excluding hydrogens is 491 g/mol. The Bertz CT molecular complexity index is 1250. The second kappa shape index (κ2) is 12.9. The zero-order valence-electron chi connectivity index (χ0n) is 23.2. The first-order chi connectivity index (χ1) is 18.7. The molecule has 1 aliphatic rings. The van der Waals surface area contributed by atoms with Crippen LogP contribution in [0.1, 0.15) is 63.1 Å². The molecule has 4 rings (SSSR count). The van der Waals surface area contributed by atoms with Crippen molar-refractivity contribution in [2.24, 2.45) is 0 Å². The molecule has 1 N–H and O–H groups in total. The molecule has 5 nitrogen and oxygen atoms in total. The lowest BCUT2D eigenvalue weighted by Crippen LogP contribution is -2.53. The second-order valence-electron chi connectivity index (χ2n) is 11.3. The highest BCUT2D eigenvalue weighted by atomic mass is 19.1. The van der Waals surface area contributed by atoms with Crippen LogP contribution in [0.25, 0.3) is 0 Å². The largest absolute Gasteiger partial charge is 0.483 e. The van der Waals surface area contributed by atoms with E-state index in [0.29, 0.717) is 17.7 Å². The smallest absolute Gasteiger partial charge is 0.261 e. The number of nitrogens with zero attached hydrogens (tertiary/aromatic N) is 1. The van der Waals surface area contributed by atoms with E-state index in [0.717, 1.165) is 36.8 Å². The summed E-state index contributed by atoms with van der Waals surface area (Å²) in [6.07, 6.45) is 4.33. The van der Waals surface area contributed by atoms with Crippen molar-refractivity contribution in [3.63, 3.8) is 0 Å². The number of halogens is 1. The van der Waals surface area contributed by atoms with Crippen LogP contribution in [0.3, 0.4) is 0 Å². The second-order valence-corrected chi connectivity index (χ2v) is 11.3. The van der Waals surface area contributed by atoms with Crippen LogP contribution in [0.15, 0.2) is 78.9 Å². The quantitative estimate of drug-likeness (QED) is 0.340. The van der Waals surface area contributed by atoms with E-state index < -0.39 is 11.9 Å². The van der Waals surface area contributed by atoms with Crippen molar-refractivity contribution >= 4 is 11.8 Å². The van der Waals surface area contributed by atoms with E-state index in [4.69, 9.17) is 4.74 Å². The summed E-state index contributed by atoms with van der Waals surface area (Å²) in [6, 6.07) is 22.9. The van der Waals surface area contributed by atoms with Gasteiger partial charge in [-0.3, -0.25) is 9.59 Å². The van der Waals surface area contributed by atoms with Gasteiger partial charge in [-0.25, -0.2) is 4.39 Å². The van der Waals surface area contributed by atoms with Gasteiger partial charge < -0.3 is 15.0 Å². The normalized spacial score (nSPS) is 14.6. The number of hydrogen-bond donors (Lipinski definition) is 1. The van der Waals surface area contributed by atoms with Gasteiger partial charge in [0, 0.05) is 24.6 Å². The maximum Gasteiger partial charge on any atom is 0.261 e. The molecule has 0 bridgehead atoms. The first kappa shape index (κ1) is 28.3. The first-order valence-corrected chi connectivity index (χ1v) is 13.8. The molecule has 0 radical (unpaired) electrons. The average molecular weight is 531 g/mol. The molecule has 1 saturated carbocycles. The van der Waals surface area contributed by atoms with Gasteiger partial charge in [-0.05, 0) is 41.5 Å². The molecule has 3 aromatic carbocycles. The highest BCUT2D eigenvalue weighted by Gasteiger charge is 2.33. The minimum Gasteiger partial charge on any atom is -0.483 e. The summed E-state index contributed by atoms with van der Waals surface area (Å²) in [5, 5.41) is 3.17. The Hall–Kier alpha value is -3.67. The van der Waals surface area contributed by atoms with Crippen LogP contribution < -0.4 is 10.1 Å². The predicted molar refractivity (Wildman–Crippen MR) is 152 cm³/mol. The molecule has 1 atom stereocenters. The number of amides is 2. The SMILES string of the molecule is CC(C)(C)c1ccccc1OCC(=O)N(Cc1ccccc1F)C(Cc1ccccc1)C(=O)NC1CCCC1. The van der Waals surface area contributed by atoms with Gasteiger partial charge in [-0.1, -0.05) is 100 Å². The molecule has 0 heterocycles. The van der Waals surface area contributed by atoms with Crippen molar-refractivity contribution in [1.82, 2.24) is 10.2 Å². The third-order valence-electron chi connectivity index (χ3n) is 7.32. The highest BCUT2D eigenvalue weighted by Crippen LogP contribution is 2.31. The number of para-hydroxylation sites is 1. The number of carbonyl (C=O) groups excluding carboxylic acids is 2. The van der Waals surface area contributed by atoms with Crippen LogP contribution in [0.2, 0.25) is 0 Å². The maximum absolute atomic E-state index is 14.8. The summed E-state index contributed by atoms with van der Waals surface area (Å²) in [4.78, 5) is 29.1. The van der Waals surface area contributed by atoms with Gasteiger partial charge in [0.1, 0.15) is 17.6 Å². The van der Waals surface area contributed by atoms with Crippen molar-refractivity contribution in [3.8, 4) is 5.75 Å². The molecule has 0 saturated heterocycles. The Balaban J connectivity index is 1.64. The lowest BCUT2D eigenvalue weighted by Gasteiger charge is -2.32. The number of rotatable bonds is 10. The van der Waals surface area contributed by atoms with Gasteiger partial charge in [-0.2, -0.15) is 0 Å². The van der Waals surface area contributed by atoms with Gasteiger partial charge in [0.05, 0.1) is 0 Å². The number of benzene rings is 3. The molecule has 39 heavy (non-hydrogen) atoms. The van der Waals surface area contributed by atoms with Crippen LogP contribution in [-0.2, 0) is 28.0 Å². The van der Waals surface area contributed by atoms with E-state index in [9.17, 15) is 14.0 Å². The Morgan fingerprint density at radius 2 is 1.59 bits per heavy atom. The van der Waals surface area contributed by atoms with Crippen LogP contribution >= 0.6 is 0 Å². The van der Waals surface area contributed by atoms with E-state index >= 15 is 0 Å². The third-order valence-corrected chi connectivity index (χ3v) is 7.32. The van der Waals surface area contributed by atoms with E-state index in [1.54, 1.807) is 18.2 Å². The molecule has 1 fully saturated rings. The van der Waals surface area contributed by atoms with Gasteiger partial charge in [0.15, 0.2) is 6.61 Å². The lowest BCUT2D eigenvalue weighted by atomic mass is 9.86. The minimum absolute atomic E-state index is 0.0363. The van der Waals surface area contributed by atoms with Crippen LogP contribution in [-0.4, -0.2) is 35.4 Å². The summed E-state index contributed by atoms with van der Waals surface area (Å²) >= 11 is 0. The van der Waals surface area contributed by atoms with Crippen molar-refractivity contribution in [2.45, 2.75) is 76.9 Å². The fourth-order valence-corrected chi connectivity index (χ4v) is 5.17. The Morgan fingerprint density at radius 3 is 2.28 bits per heavy atom. The van der Waals surface area contributed by atoms with Gasteiger partial charge in [0.25, 0.3) is 5.91 Å². The average Bonchev–Trinajstić information content (AvgIpc) is 3.43. The summed E-state index contributed by atoms with van der Waals surface area (Å²) < 4.78 is 20.9. The molecule has 206 valence electrons. The molecular formula is C33H39FN2O3. The van der Waals surface area contributed by atoms with E-state index in [-0.39, 0.29) is 36.4 Å². The summed E-state index contributed by atoms with van der Waals surface area (Å²) in [5.74, 6) is -0.377. The first-order valence-electron chi connectivity index (χ1n) is 13.8. The van der Waals surface area contributed by atoms with E-state index in [1.165, 1.54) is 11.0 Å². The Morgan fingerprint density at radius 1 is 0.949 bits per heavy atom. The Kier molecular flexibility index (Phi) is 9.39. The van der Waals surface area contributed by atoms with Gasteiger partial charge in [0.2, 0.25) is 5.91 Å². The lowest BCUT2D eigenvalue weighted by molar-refractivity contribution is -0.143. The number of carbonyl (C=O) groups is 2. The zero-order valence-corrected chi connectivity index (χ0v) is 23.2. The molecule has 2 amide bonds. The number of nitrogens with one attached hydrogen (secondary N) is 1. The fraction of sp³-hybridized carbons (Fsp3) is 0.394. The molecule has 3 aromatic rings. The molecule has 0 aromatic heterocycles. The van der Waals surface area contributed by atoms with E-state index in [1.807, 2.05) is 54.6 Å². The maximum atomic E-state index is 14.8. The van der Waals surface area contributed by atoms with Gasteiger partial charge >= 0.3 is 0 Å². The molecule has 1 unspecified atom stereocenters. The number of hydrogen-bond acceptors (Lipinski definition) is 3. The fourth-order valence-electron chi connectivity index (χ4n) is 5.17. The van der Waals surface area contributed by atoms with Crippen LogP contribution in [0, 0.1) is 5.82 Å². The van der Waals surface area contributed by atoms with Crippen molar-refractivity contribution in [2.75, 3.05) is 6.61 Å². The van der Waals surface area contributed by atoms with Crippen molar-refractivity contribution in [3.05, 3.63) is 101 Å². The minimum atomic E-state index is -0.818. The van der Waals surface area contributed by atoms with Gasteiger partial charge in [-0.15, -0.1) is 0 Å². The standard InChI is InChI=1S/C33H39FN2O3/c1-33(2,3)27-18-10-12-20-30(27)39-23-31(37)36(22-25-15-7-11-19-28(25)34)29(21-24-13-5-4-6-14-24)32(38)35-26-16-8-9-17-26/h4-7,10-15,18-20,26,29H,8-9,16-17,21-23H2,1-3H3,(H,35,38). The van der Waals surface area contributed by atoms with Crippen LogP contribution in [0.5, 0.6) is 5.75 Å². The topological polar surface area (TPSA) is 58.6 Å². The summed E-state index contributed by atoms with van der Waals surface area (Å²) in [5.41, 5.74) is 2.09. The number of ether oxygens (including phenoxy) is 1. The molecule has 6 heteroatoms. The van der Waals surface area contributed by atoms with E-state index in [2.05, 4.69) is 26.1 Å². The Labute approximate surface area is 231 Å². The summed E-state index contributed by atoms with van der Waals surface area (Å²) in [7, 11) is 0. The van der Waals surface area contributed by atoms with Crippen molar-refractivity contribution in [1.29, 1.82) is 0 Å². The monoisotopic (exact) mass is 530 g/mol. The third kappa shape index (κ3) is 7.69. The molecule has 0 spiro atoms. The summed E-state index contributed by atoms with van der Waals surface area (Å²) in [6.45, 7) is 5.97. The molecule has 1 aliphatic carbocycles. The predicted octanol–water partition coefficient (Wildman–Crippen LogP) is 6.20. The molecule has 0 aliphatic heterocycles. The van der Waals surface area contributed by atoms with Crippen LogP contribution in [0.4, 0.5) is 4.39 Å².